The summed E-state index contributed by atoms with van der Waals surface area (Å²) >= 11 is 0. The molecule has 3 rings (SSSR count). The molecule has 3 aromatic rings. The summed E-state index contributed by atoms with van der Waals surface area (Å²) in [6, 6.07) is 6.31. The molecule has 138 valence electrons. The predicted octanol–water partition coefficient (Wildman–Crippen LogP) is 3.57. The lowest BCUT2D eigenvalue weighted by Crippen LogP contribution is -2.18. The van der Waals surface area contributed by atoms with Crippen LogP contribution in [0.5, 0.6) is 5.75 Å². The first kappa shape index (κ1) is 18.0. The lowest BCUT2D eigenvalue weighted by atomic mass is 10.2. The number of aryl methyl sites for hydroxylation is 2. The van der Waals surface area contributed by atoms with Gasteiger partial charge in [-0.2, -0.15) is 13.8 Å². The lowest BCUT2D eigenvalue weighted by molar-refractivity contribution is -0.0494. The van der Waals surface area contributed by atoms with Gasteiger partial charge in [0.25, 0.3) is 0 Å². The third kappa shape index (κ3) is 4.05. The predicted molar refractivity (Wildman–Crippen MR) is 87.5 cm³/mol. The second kappa shape index (κ2) is 7.61. The lowest BCUT2D eigenvalue weighted by Gasteiger charge is -2.13. The standard InChI is InChI=1S/C17H18F2N4O3/c1-10-13(11(2)25-21-10)8-23(3)9-15-20-16(22-26-15)12-6-4-5-7-14(12)24-17(18)19/h4-7,17H,8-9H2,1-3H3. The fraction of sp³-hybridized carbons (Fsp3) is 0.353. The zero-order valence-electron chi connectivity index (χ0n) is 14.6. The Bertz CT molecular complexity index is 859. The molecule has 0 spiro atoms. The van der Waals surface area contributed by atoms with Crippen molar-refractivity contribution in [1.82, 2.24) is 20.2 Å². The summed E-state index contributed by atoms with van der Waals surface area (Å²) < 4.78 is 40.0. The van der Waals surface area contributed by atoms with Gasteiger partial charge in [-0.15, -0.1) is 0 Å². The molecule has 0 radical (unpaired) electrons. The number of rotatable bonds is 7. The van der Waals surface area contributed by atoms with Gasteiger partial charge in [0.15, 0.2) is 0 Å². The number of para-hydroxylation sites is 1. The molecular weight excluding hydrogens is 346 g/mol. The molecule has 0 bridgehead atoms. The molecule has 0 unspecified atom stereocenters. The molecule has 0 aliphatic carbocycles. The number of hydrogen-bond donors (Lipinski definition) is 0. The normalized spacial score (nSPS) is 11.5. The van der Waals surface area contributed by atoms with Crippen LogP contribution in [-0.4, -0.2) is 33.9 Å². The van der Waals surface area contributed by atoms with Crippen molar-refractivity contribution in [3.8, 4) is 17.1 Å². The highest BCUT2D eigenvalue weighted by molar-refractivity contribution is 5.63. The van der Waals surface area contributed by atoms with Crippen molar-refractivity contribution in [2.45, 2.75) is 33.5 Å². The van der Waals surface area contributed by atoms with Gasteiger partial charge in [-0.1, -0.05) is 22.4 Å². The van der Waals surface area contributed by atoms with E-state index in [-0.39, 0.29) is 11.6 Å². The second-order valence-corrected chi connectivity index (χ2v) is 5.86. The van der Waals surface area contributed by atoms with Crippen LogP contribution < -0.4 is 4.74 Å². The number of aromatic nitrogens is 3. The Morgan fingerprint density at radius 2 is 1.88 bits per heavy atom. The van der Waals surface area contributed by atoms with Gasteiger partial charge in [0.1, 0.15) is 11.5 Å². The van der Waals surface area contributed by atoms with Crippen LogP contribution in [0.3, 0.4) is 0 Å². The minimum Gasteiger partial charge on any atom is -0.434 e. The zero-order chi connectivity index (χ0) is 18.7. The molecule has 0 atom stereocenters. The largest absolute Gasteiger partial charge is 0.434 e. The van der Waals surface area contributed by atoms with E-state index in [0.717, 1.165) is 17.0 Å². The van der Waals surface area contributed by atoms with Crippen molar-refractivity contribution in [1.29, 1.82) is 0 Å². The van der Waals surface area contributed by atoms with Gasteiger partial charge in [-0.05, 0) is 33.0 Å². The second-order valence-electron chi connectivity index (χ2n) is 5.86. The Labute approximate surface area is 148 Å². The van der Waals surface area contributed by atoms with Crippen LogP contribution in [0, 0.1) is 13.8 Å². The van der Waals surface area contributed by atoms with Crippen molar-refractivity contribution in [3.05, 3.63) is 47.2 Å². The topological polar surface area (TPSA) is 77.4 Å². The third-order valence-corrected chi connectivity index (χ3v) is 3.83. The van der Waals surface area contributed by atoms with Crippen molar-refractivity contribution >= 4 is 0 Å². The van der Waals surface area contributed by atoms with Gasteiger partial charge in [-0.3, -0.25) is 4.90 Å². The van der Waals surface area contributed by atoms with Gasteiger partial charge in [0.05, 0.1) is 17.8 Å². The van der Waals surface area contributed by atoms with Crippen LogP contribution in [0.1, 0.15) is 22.9 Å². The van der Waals surface area contributed by atoms with Crippen molar-refractivity contribution in [2.24, 2.45) is 0 Å². The molecule has 2 heterocycles. The van der Waals surface area contributed by atoms with Crippen LogP contribution in [-0.2, 0) is 13.1 Å². The Morgan fingerprint density at radius 3 is 2.58 bits per heavy atom. The highest BCUT2D eigenvalue weighted by atomic mass is 19.3. The minimum absolute atomic E-state index is 0.000995. The minimum atomic E-state index is -2.93. The monoisotopic (exact) mass is 364 g/mol. The van der Waals surface area contributed by atoms with E-state index < -0.39 is 6.61 Å². The van der Waals surface area contributed by atoms with E-state index >= 15 is 0 Å². The summed E-state index contributed by atoms with van der Waals surface area (Å²) in [7, 11) is 1.89. The van der Waals surface area contributed by atoms with Crippen LogP contribution >= 0.6 is 0 Å². The summed E-state index contributed by atoms with van der Waals surface area (Å²) in [5, 5.41) is 7.80. The van der Waals surface area contributed by atoms with Gasteiger partial charge >= 0.3 is 6.61 Å². The first-order chi connectivity index (χ1) is 12.4. The van der Waals surface area contributed by atoms with E-state index in [1.807, 2.05) is 25.8 Å². The quantitative estimate of drug-likeness (QED) is 0.634. The number of nitrogens with zero attached hydrogens (tertiary/aromatic N) is 4. The van der Waals surface area contributed by atoms with Gasteiger partial charge in [0, 0.05) is 12.1 Å². The third-order valence-electron chi connectivity index (χ3n) is 3.83. The Morgan fingerprint density at radius 1 is 1.12 bits per heavy atom. The first-order valence-corrected chi connectivity index (χ1v) is 7.91. The number of ether oxygens (including phenoxy) is 1. The number of alkyl halides is 2. The maximum absolute atomic E-state index is 12.5. The maximum atomic E-state index is 12.5. The van der Waals surface area contributed by atoms with Crippen LogP contribution in [0.2, 0.25) is 0 Å². The summed E-state index contributed by atoms with van der Waals surface area (Å²) in [6.45, 7) is 1.79. The fourth-order valence-electron chi connectivity index (χ4n) is 2.56. The molecule has 0 amide bonds. The average Bonchev–Trinajstić information content (AvgIpc) is 3.17. The van der Waals surface area contributed by atoms with Gasteiger partial charge < -0.3 is 13.8 Å². The van der Waals surface area contributed by atoms with E-state index in [4.69, 9.17) is 9.05 Å². The molecule has 7 nitrogen and oxygen atoms in total. The number of benzene rings is 1. The SMILES string of the molecule is Cc1noc(C)c1CN(C)Cc1nc(-c2ccccc2OC(F)F)no1. The summed E-state index contributed by atoms with van der Waals surface area (Å²) in [5.74, 6) is 1.32. The Kier molecular flexibility index (Phi) is 5.27. The number of hydrogen-bond acceptors (Lipinski definition) is 7. The highest BCUT2D eigenvalue weighted by Crippen LogP contribution is 2.29. The molecule has 0 aliphatic rings. The van der Waals surface area contributed by atoms with Gasteiger partial charge in [-0.25, -0.2) is 0 Å². The molecule has 2 aromatic heterocycles. The van der Waals surface area contributed by atoms with E-state index in [1.54, 1.807) is 18.2 Å². The maximum Gasteiger partial charge on any atom is 0.387 e. The van der Waals surface area contributed by atoms with E-state index in [0.29, 0.717) is 24.5 Å². The molecule has 26 heavy (non-hydrogen) atoms. The smallest absolute Gasteiger partial charge is 0.387 e. The molecule has 0 saturated heterocycles. The van der Waals surface area contributed by atoms with Crippen molar-refractivity contribution < 1.29 is 22.6 Å². The molecule has 0 N–H and O–H groups in total. The first-order valence-electron chi connectivity index (χ1n) is 7.91. The average molecular weight is 364 g/mol. The summed E-state index contributed by atoms with van der Waals surface area (Å²) in [6.07, 6.45) is 0. The molecule has 0 saturated carbocycles. The molecule has 9 heteroatoms. The van der Waals surface area contributed by atoms with E-state index in [1.165, 1.54) is 6.07 Å². The Balaban J connectivity index is 1.72. The summed E-state index contributed by atoms with van der Waals surface area (Å²) in [4.78, 5) is 6.24. The molecular formula is C17H18F2N4O3. The van der Waals surface area contributed by atoms with Gasteiger partial charge in [0.2, 0.25) is 11.7 Å². The van der Waals surface area contributed by atoms with Crippen LogP contribution in [0.25, 0.3) is 11.4 Å². The van der Waals surface area contributed by atoms with Crippen LogP contribution in [0.15, 0.2) is 33.3 Å². The Hall–Kier alpha value is -2.81. The number of halogens is 2. The molecule has 1 aromatic carbocycles. The van der Waals surface area contributed by atoms with Crippen LogP contribution in [0.4, 0.5) is 8.78 Å². The van der Waals surface area contributed by atoms with E-state index in [2.05, 4.69) is 20.0 Å². The van der Waals surface area contributed by atoms with Crippen molar-refractivity contribution in [2.75, 3.05) is 7.05 Å². The van der Waals surface area contributed by atoms with E-state index in [9.17, 15) is 8.78 Å². The van der Waals surface area contributed by atoms with Crippen molar-refractivity contribution in [3.63, 3.8) is 0 Å². The molecule has 0 fully saturated rings. The highest BCUT2D eigenvalue weighted by Gasteiger charge is 2.18. The summed E-state index contributed by atoms with van der Waals surface area (Å²) in [5.41, 5.74) is 2.18. The molecule has 0 aliphatic heterocycles. The zero-order valence-corrected chi connectivity index (χ0v) is 14.6. The fourth-order valence-corrected chi connectivity index (χ4v) is 2.56.